The molecule has 0 saturated carbocycles. The number of carbonyl (C=O) groups is 5. The van der Waals surface area contributed by atoms with Crippen molar-refractivity contribution in [1.29, 1.82) is 0 Å². The summed E-state index contributed by atoms with van der Waals surface area (Å²) >= 11 is 0. The van der Waals surface area contributed by atoms with Gasteiger partial charge < -0.3 is 119 Å². The molecule has 4 saturated heterocycles. The van der Waals surface area contributed by atoms with Crippen LogP contribution < -0.4 is 0 Å². The van der Waals surface area contributed by atoms with Gasteiger partial charge in [-0.2, -0.15) is 0 Å². The van der Waals surface area contributed by atoms with Crippen LogP contribution in [0.2, 0.25) is 0 Å². The molecule has 6 aliphatic rings. The standard InChI is InChI=1S/C84H136O29/c1-14-60(78(111-70-32-29-63(91)49(10)105-70)52-25-28-61-62(35-52)65(93)34-45(6)73(61)96)82(102)109-68-30-33-71(106-50(68)11)112-81-51(12)107-72(41-83(81,13)103)108-67(15-2)46(7)75(98)47(8)76(99)48(9)77-44(5)23-27-54(86)18-16-20-55(87)36-57(89)37-58(90)38-59-40-66(94)79(100)84(104,113-59)80(101)74(97)43(4)22-26-53(85)19-17-21-56(88)39-64(92)42(3)24-31-69(95)110-77/h23,25,27-28,34-35,42-44,46-51,53-60,63-64,66-68,70-72,74-79,81,85-92,94,97-100,103-104H,14-22,24,26,29-33,36-41H2,1-13H3. The summed E-state index contributed by atoms with van der Waals surface area (Å²) in [6.07, 6.45) is -20.2. The second-order valence-corrected chi connectivity index (χ2v) is 34.1. The molecule has 29 heteroatoms. The van der Waals surface area contributed by atoms with Crippen LogP contribution in [-0.4, -0.2) is 264 Å². The third-order valence-corrected chi connectivity index (χ3v) is 24.6. The Labute approximate surface area is 665 Å². The number of ketones is 3. The summed E-state index contributed by atoms with van der Waals surface area (Å²) in [4.78, 5) is 68.2. The van der Waals surface area contributed by atoms with Crippen molar-refractivity contribution in [1.82, 2.24) is 0 Å². The molecule has 646 valence electrons. The fourth-order valence-electron chi connectivity index (χ4n) is 17.0. The lowest BCUT2D eigenvalue weighted by molar-refractivity contribution is -0.330. The average molecular weight is 1610 g/mol. The van der Waals surface area contributed by atoms with Crippen LogP contribution in [-0.2, 0) is 57.0 Å². The van der Waals surface area contributed by atoms with E-state index in [0.29, 0.717) is 43.2 Å². The van der Waals surface area contributed by atoms with Crippen molar-refractivity contribution in [2.24, 2.45) is 41.4 Å². The van der Waals surface area contributed by atoms with Crippen LogP contribution >= 0.6 is 0 Å². The van der Waals surface area contributed by atoms with E-state index in [1.54, 1.807) is 93.5 Å². The van der Waals surface area contributed by atoms with Gasteiger partial charge in [0.2, 0.25) is 5.78 Å². The van der Waals surface area contributed by atoms with Gasteiger partial charge in [-0.05, 0) is 179 Å². The first-order valence-electron chi connectivity index (χ1n) is 41.5. The Morgan fingerprint density at radius 2 is 1.23 bits per heavy atom. The molecule has 0 amide bonds. The molecule has 1 aliphatic carbocycles. The van der Waals surface area contributed by atoms with Crippen LogP contribution in [0.5, 0.6) is 0 Å². The number of carbonyl (C=O) groups excluding carboxylic acids is 5. The summed E-state index contributed by atoms with van der Waals surface area (Å²) < 4.78 is 56.5. The van der Waals surface area contributed by atoms with E-state index in [1.165, 1.54) is 19.1 Å². The molecule has 5 heterocycles. The lowest BCUT2D eigenvalue weighted by atomic mass is 9.78. The molecule has 1 aromatic carbocycles. The highest BCUT2D eigenvalue weighted by Crippen LogP contribution is 2.42. The maximum atomic E-state index is 14.4. The Balaban J connectivity index is 0.953. The van der Waals surface area contributed by atoms with E-state index in [1.807, 2.05) is 13.8 Å². The van der Waals surface area contributed by atoms with E-state index in [4.69, 9.17) is 42.6 Å². The molecule has 0 spiro atoms. The number of hydrogen-bond donors (Lipinski definition) is 15. The SMILES string of the molecule is CCC(OC1CC(C)(O)C(OC2CCC(OC(=O)C(CC)C(OC3CCC(O)C(C)O3)c3ccc4c(c3)C(=O)C=C(C)C4=O)C(C)O2)C(C)O1)C(C)C(O)C(C)C(O)C(C)C1OC(=O)CCC(C)C(O)CC(O)CCCC(O)CCC(C)C(O)C(=O)C2(O)OC(CC(O)CC(O)CC(O)CCCC(O)C=CC1C)CC(O)C2O. The molecule has 5 aliphatic heterocycles. The number of ether oxygens (including phenoxy) is 9. The zero-order valence-electron chi connectivity index (χ0n) is 68.4. The number of esters is 2. The fourth-order valence-corrected chi connectivity index (χ4v) is 17.0. The Hall–Kier alpha value is -4.23. The molecule has 34 atom stereocenters. The molecule has 2 bridgehead atoms. The number of benzene rings is 1. The van der Waals surface area contributed by atoms with Crippen molar-refractivity contribution in [3.8, 4) is 0 Å². The van der Waals surface area contributed by atoms with Crippen LogP contribution in [0.3, 0.4) is 0 Å². The highest BCUT2D eigenvalue weighted by atomic mass is 16.7. The number of cyclic esters (lactones) is 1. The van der Waals surface area contributed by atoms with Crippen molar-refractivity contribution < 1.29 is 143 Å². The van der Waals surface area contributed by atoms with Crippen molar-refractivity contribution in [2.75, 3.05) is 0 Å². The Morgan fingerprint density at radius 1 is 0.602 bits per heavy atom. The first-order chi connectivity index (χ1) is 53.1. The Bertz CT molecular complexity index is 3220. The van der Waals surface area contributed by atoms with E-state index in [-0.39, 0.29) is 132 Å². The molecule has 34 unspecified atom stereocenters. The van der Waals surface area contributed by atoms with E-state index >= 15 is 0 Å². The van der Waals surface area contributed by atoms with Crippen LogP contribution in [0.1, 0.15) is 264 Å². The third-order valence-electron chi connectivity index (χ3n) is 24.6. The zero-order chi connectivity index (χ0) is 83.8. The van der Waals surface area contributed by atoms with Crippen LogP contribution in [0.4, 0.5) is 0 Å². The minimum atomic E-state index is -3.06. The molecule has 1 aromatic rings. The minimum Gasteiger partial charge on any atom is -0.461 e. The fraction of sp³-hybridized carbons (Fsp3) is 0.821. The molecule has 113 heavy (non-hydrogen) atoms. The molecule has 0 radical (unpaired) electrons. The number of hydrogen-bond acceptors (Lipinski definition) is 29. The van der Waals surface area contributed by atoms with Gasteiger partial charge in [-0.15, -0.1) is 0 Å². The number of aliphatic hydroxyl groups is 15. The summed E-state index contributed by atoms with van der Waals surface area (Å²) in [5.74, 6) is -11.5. The molecule has 29 nitrogen and oxygen atoms in total. The third kappa shape index (κ3) is 26.4. The van der Waals surface area contributed by atoms with Gasteiger partial charge in [-0.3, -0.25) is 24.0 Å². The predicted octanol–water partition coefficient (Wildman–Crippen LogP) is 5.62. The summed E-state index contributed by atoms with van der Waals surface area (Å²) in [7, 11) is 0. The average Bonchev–Trinajstić information content (AvgIpc) is 0.777. The highest BCUT2D eigenvalue weighted by molar-refractivity contribution is 6.24. The first kappa shape index (κ1) is 95.9. The highest BCUT2D eigenvalue weighted by Gasteiger charge is 2.56. The summed E-state index contributed by atoms with van der Waals surface area (Å²) in [6, 6.07) is 4.82. The number of aliphatic hydroxyl groups excluding tert-OH is 13. The number of rotatable bonds is 18. The number of fused-ring (bicyclic) bond motifs is 3. The second kappa shape index (κ2) is 43.6. The minimum absolute atomic E-state index is 0.0452. The van der Waals surface area contributed by atoms with E-state index in [9.17, 15) is 101 Å². The largest absolute Gasteiger partial charge is 0.461 e. The van der Waals surface area contributed by atoms with Crippen LogP contribution in [0, 0.1) is 41.4 Å². The van der Waals surface area contributed by atoms with Gasteiger partial charge in [0.1, 0.15) is 30.5 Å². The quantitative estimate of drug-likeness (QED) is 0.0626. The predicted molar refractivity (Wildman–Crippen MR) is 409 cm³/mol. The van der Waals surface area contributed by atoms with Gasteiger partial charge in [0, 0.05) is 72.5 Å². The second-order valence-electron chi connectivity index (χ2n) is 34.1. The van der Waals surface area contributed by atoms with Gasteiger partial charge in [0.25, 0.3) is 5.79 Å². The number of Topliss-reactive ketones (excluding diaryl/α,β-unsaturated/α-hetero) is 2. The maximum Gasteiger partial charge on any atom is 0.312 e. The molecule has 0 aromatic heterocycles. The number of allylic oxidation sites excluding steroid dienone is 2. The van der Waals surface area contributed by atoms with Crippen LogP contribution in [0.25, 0.3) is 0 Å². The van der Waals surface area contributed by atoms with Gasteiger partial charge in [-0.25, -0.2) is 0 Å². The first-order valence-corrected chi connectivity index (χ1v) is 41.5. The van der Waals surface area contributed by atoms with Crippen molar-refractivity contribution >= 4 is 29.3 Å². The van der Waals surface area contributed by atoms with E-state index < -0.39 is 224 Å². The molecule has 7 rings (SSSR count). The maximum absolute atomic E-state index is 14.4. The molecular formula is C84H136O29. The normalized spacial score (nSPS) is 39.7. The summed E-state index contributed by atoms with van der Waals surface area (Å²) in [5.41, 5.74) is -0.312. The van der Waals surface area contributed by atoms with Crippen molar-refractivity contribution in [2.45, 2.75) is 396 Å². The van der Waals surface area contributed by atoms with Crippen LogP contribution in [0.15, 0.2) is 42.0 Å². The van der Waals surface area contributed by atoms with E-state index in [0.717, 1.165) is 0 Å². The Morgan fingerprint density at radius 3 is 1.88 bits per heavy atom. The van der Waals surface area contributed by atoms with Gasteiger partial charge in [0.05, 0.1) is 115 Å². The molecular weight excluding hydrogens is 1470 g/mol. The van der Waals surface area contributed by atoms with E-state index in [2.05, 4.69) is 0 Å². The molecule has 15 N–H and O–H groups in total. The topological polar surface area (TPSA) is 472 Å². The Kier molecular flexibility index (Phi) is 37.0. The smallest absolute Gasteiger partial charge is 0.312 e. The van der Waals surface area contributed by atoms with Gasteiger partial charge >= 0.3 is 11.9 Å². The lowest BCUT2D eigenvalue weighted by Crippen LogP contribution is -2.65. The summed E-state index contributed by atoms with van der Waals surface area (Å²) in [6.45, 7) is 22.2. The van der Waals surface area contributed by atoms with Gasteiger partial charge in [-0.1, -0.05) is 73.6 Å². The molecule has 4 fully saturated rings. The van der Waals surface area contributed by atoms with Gasteiger partial charge in [0.15, 0.2) is 30.4 Å². The summed E-state index contributed by atoms with van der Waals surface area (Å²) in [5, 5.41) is 168. The monoisotopic (exact) mass is 1610 g/mol. The lowest BCUT2D eigenvalue weighted by Gasteiger charge is -2.47. The van der Waals surface area contributed by atoms with Crippen molar-refractivity contribution in [3.05, 3.63) is 58.7 Å². The van der Waals surface area contributed by atoms with Crippen molar-refractivity contribution in [3.63, 3.8) is 0 Å². The zero-order valence-corrected chi connectivity index (χ0v) is 68.4.